The van der Waals surface area contributed by atoms with Gasteiger partial charge >= 0.3 is 0 Å². The minimum atomic E-state index is -0.385. The summed E-state index contributed by atoms with van der Waals surface area (Å²) in [7, 11) is 1.39. The van der Waals surface area contributed by atoms with Crippen LogP contribution >= 0.6 is 0 Å². The van der Waals surface area contributed by atoms with Crippen LogP contribution in [-0.2, 0) is 5.41 Å². The number of nitrogens with zero attached hydrogens (tertiary/aromatic N) is 1. The largest absolute Gasteiger partial charge is 0.494 e. The first kappa shape index (κ1) is 11.5. The Balaban J connectivity index is 3.46. The van der Waals surface area contributed by atoms with Crippen LogP contribution < -0.4 is 4.74 Å². The Morgan fingerprint density at radius 2 is 1.93 bits per heavy atom. The zero-order valence-electron chi connectivity index (χ0n) is 9.39. The summed E-state index contributed by atoms with van der Waals surface area (Å²) >= 11 is 0. The van der Waals surface area contributed by atoms with Gasteiger partial charge in [-0.1, -0.05) is 20.8 Å². The highest BCUT2D eigenvalue weighted by molar-refractivity contribution is 5.44. The summed E-state index contributed by atoms with van der Waals surface area (Å²) in [4.78, 5) is 0. The van der Waals surface area contributed by atoms with E-state index in [1.54, 1.807) is 6.07 Å². The van der Waals surface area contributed by atoms with E-state index in [0.717, 1.165) is 0 Å². The number of benzene rings is 1. The van der Waals surface area contributed by atoms with Crippen molar-refractivity contribution < 1.29 is 9.13 Å². The standard InChI is InChI=1S/C12H14FNO/c1-12(2,3)9-5-8(7-14)6-10(15-4)11(9)13/h5-6H,1-4H3. The second kappa shape index (κ2) is 3.90. The van der Waals surface area contributed by atoms with E-state index < -0.39 is 0 Å². The molecular weight excluding hydrogens is 193 g/mol. The molecule has 0 N–H and O–H groups in total. The highest BCUT2D eigenvalue weighted by Crippen LogP contribution is 2.31. The molecule has 80 valence electrons. The zero-order valence-corrected chi connectivity index (χ0v) is 9.39. The lowest BCUT2D eigenvalue weighted by Crippen LogP contribution is -2.14. The third-order valence-corrected chi connectivity index (χ3v) is 2.20. The van der Waals surface area contributed by atoms with E-state index in [1.807, 2.05) is 26.8 Å². The number of methoxy groups -OCH3 is 1. The molecule has 0 heterocycles. The molecule has 0 aliphatic rings. The van der Waals surface area contributed by atoms with Gasteiger partial charge in [-0.2, -0.15) is 5.26 Å². The van der Waals surface area contributed by atoms with Crippen molar-refractivity contribution in [2.45, 2.75) is 26.2 Å². The molecule has 0 fully saturated rings. The van der Waals surface area contributed by atoms with Gasteiger partial charge in [-0.15, -0.1) is 0 Å². The van der Waals surface area contributed by atoms with Crippen molar-refractivity contribution in [3.05, 3.63) is 29.1 Å². The monoisotopic (exact) mass is 207 g/mol. The quantitative estimate of drug-likeness (QED) is 0.709. The van der Waals surface area contributed by atoms with E-state index in [4.69, 9.17) is 10.00 Å². The average molecular weight is 207 g/mol. The van der Waals surface area contributed by atoms with Crippen LogP contribution in [0.3, 0.4) is 0 Å². The van der Waals surface area contributed by atoms with E-state index in [2.05, 4.69) is 0 Å². The molecule has 2 nitrogen and oxygen atoms in total. The van der Waals surface area contributed by atoms with Gasteiger partial charge in [0.05, 0.1) is 18.7 Å². The fourth-order valence-electron chi connectivity index (χ4n) is 1.36. The Labute approximate surface area is 89.3 Å². The number of hydrogen-bond donors (Lipinski definition) is 0. The average Bonchev–Trinajstić information content (AvgIpc) is 2.16. The molecule has 0 aliphatic heterocycles. The van der Waals surface area contributed by atoms with Gasteiger partial charge in [0.15, 0.2) is 11.6 Å². The molecule has 15 heavy (non-hydrogen) atoms. The molecule has 0 aromatic heterocycles. The summed E-state index contributed by atoms with van der Waals surface area (Å²) in [6.45, 7) is 5.68. The smallest absolute Gasteiger partial charge is 0.168 e. The van der Waals surface area contributed by atoms with Crippen LogP contribution in [0.1, 0.15) is 31.9 Å². The van der Waals surface area contributed by atoms with Crippen molar-refractivity contribution in [1.29, 1.82) is 5.26 Å². The Morgan fingerprint density at radius 3 is 2.33 bits per heavy atom. The molecule has 3 heteroatoms. The van der Waals surface area contributed by atoms with Crippen molar-refractivity contribution in [3.8, 4) is 11.8 Å². The van der Waals surface area contributed by atoms with Crippen molar-refractivity contribution in [2.75, 3.05) is 7.11 Å². The van der Waals surface area contributed by atoms with Crippen molar-refractivity contribution in [3.63, 3.8) is 0 Å². The molecule has 0 spiro atoms. The molecule has 0 unspecified atom stereocenters. The van der Waals surface area contributed by atoms with Crippen molar-refractivity contribution in [2.24, 2.45) is 0 Å². The van der Waals surface area contributed by atoms with Crippen molar-refractivity contribution >= 4 is 0 Å². The van der Waals surface area contributed by atoms with Crippen LogP contribution in [0.15, 0.2) is 12.1 Å². The number of halogens is 1. The predicted octanol–water partition coefficient (Wildman–Crippen LogP) is 3.00. The van der Waals surface area contributed by atoms with Gasteiger partial charge in [0.2, 0.25) is 0 Å². The highest BCUT2D eigenvalue weighted by Gasteiger charge is 2.22. The van der Waals surface area contributed by atoms with Gasteiger partial charge in [0.1, 0.15) is 0 Å². The number of ether oxygens (including phenoxy) is 1. The number of rotatable bonds is 1. The first-order chi connectivity index (χ1) is 6.90. The predicted molar refractivity (Wildman–Crippen MR) is 56.4 cm³/mol. The maximum atomic E-state index is 13.9. The van der Waals surface area contributed by atoms with Crippen LogP contribution in [0.5, 0.6) is 5.75 Å². The molecule has 0 amide bonds. The molecule has 0 radical (unpaired) electrons. The highest BCUT2D eigenvalue weighted by atomic mass is 19.1. The molecule has 0 bridgehead atoms. The molecule has 0 atom stereocenters. The van der Waals surface area contributed by atoms with Crippen LogP contribution in [-0.4, -0.2) is 7.11 Å². The molecule has 0 saturated heterocycles. The van der Waals surface area contributed by atoms with Crippen LogP contribution in [0.2, 0.25) is 0 Å². The zero-order chi connectivity index (χ0) is 11.6. The summed E-state index contributed by atoms with van der Waals surface area (Å²) in [5.74, 6) is -0.261. The van der Waals surface area contributed by atoms with Crippen LogP contribution in [0.25, 0.3) is 0 Å². The Hall–Kier alpha value is -1.56. The third kappa shape index (κ3) is 2.27. The first-order valence-electron chi connectivity index (χ1n) is 4.68. The van der Waals surface area contributed by atoms with E-state index in [1.165, 1.54) is 13.2 Å². The van der Waals surface area contributed by atoms with Gasteiger partial charge in [-0.3, -0.25) is 0 Å². The fourth-order valence-corrected chi connectivity index (χ4v) is 1.36. The van der Waals surface area contributed by atoms with Crippen LogP contribution in [0.4, 0.5) is 4.39 Å². The summed E-state index contributed by atoms with van der Waals surface area (Å²) < 4.78 is 18.7. The Bertz CT molecular complexity index is 413. The van der Waals surface area contributed by atoms with E-state index in [-0.39, 0.29) is 17.0 Å². The van der Waals surface area contributed by atoms with E-state index in [9.17, 15) is 4.39 Å². The number of nitriles is 1. The fraction of sp³-hybridized carbons (Fsp3) is 0.417. The second-order valence-electron chi connectivity index (χ2n) is 4.40. The SMILES string of the molecule is COc1cc(C#N)cc(C(C)(C)C)c1F. The summed E-state index contributed by atoms with van der Waals surface area (Å²) in [6, 6.07) is 4.97. The summed E-state index contributed by atoms with van der Waals surface area (Å²) in [6.07, 6.45) is 0. The molecule has 1 rings (SSSR count). The molecule has 0 saturated carbocycles. The van der Waals surface area contributed by atoms with Gasteiger partial charge in [0.25, 0.3) is 0 Å². The van der Waals surface area contributed by atoms with E-state index >= 15 is 0 Å². The molecule has 1 aromatic rings. The minimum Gasteiger partial charge on any atom is -0.494 e. The molecule has 1 aromatic carbocycles. The Kier molecular flexibility index (Phi) is 2.99. The van der Waals surface area contributed by atoms with Crippen molar-refractivity contribution in [1.82, 2.24) is 0 Å². The normalized spacial score (nSPS) is 10.9. The molecular formula is C12H14FNO. The van der Waals surface area contributed by atoms with E-state index in [0.29, 0.717) is 11.1 Å². The van der Waals surface area contributed by atoms with Gasteiger partial charge in [-0.05, 0) is 17.0 Å². The topological polar surface area (TPSA) is 33.0 Å². The van der Waals surface area contributed by atoms with Gasteiger partial charge in [-0.25, -0.2) is 4.39 Å². The third-order valence-electron chi connectivity index (χ3n) is 2.20. The molecule has 0 aliphatic carbocycles. The summed E-state index contributed by atoms with van der Waals surface area (Å²) in [5, 5.41) is 8.81. The minimum absolute atomic E-state index is 0.124. The van der Waals surface area contributed by atoms with Crippen LogP contribution in [0, 0.1) is 17.1 Å². The lowest BCUT2D eigenvalue weighted by molar-refractivity contribution is 0.378. The summed E-state index contributed by atoms with van der Waals surface area (Å²) in [5.41, 5.74) is 0.570. The Morgan fingerprint density at radius 1 is 1.33 bits per heavy atom. The maximum Gasteiger partial charge on any atom is 0.168 e. The maximum absolute atomic E-state index is 13.9. The lowest BCUT2D eigenvalue weighted by atomic mass is 9.85. The number of hydrogen-bond acceptors (Lipinski definition) is 2. The lowest BCUT2D eigenvalue weighted by Gasteiger charge is -2.21. The first-order valence-corrected chi connectivity index (χ1v) is 4.68. The van der Waals surface area contributed by atoms with Gasteiger partial charge < -0.3 is 4.74 Å². The van der Waals surface area contributed by atoms with Gasteiger partial charge in [0, 0.05) is 6.07 Å². The second-order valence-corrected chi connectivity index (χ2v) is 4.40.